The maximum absolute atomic E-state index is 6.64. The summed E-state index contributed by atoms with van der Waals surface area (Å²) >= 11 is 6.64. The van der Waals surface area contributed by atoms with Crippen LogP contribution in [-0.2, 0) is 6.54 Å². The van der Waals surface area contributed by atoms with Crippen molar-refractivity contribution in [3.63, 3.8) is 0 Å². The predicted octanol–water partition coefficient (Wildman–Crippen LogP) is 4.09. The lowest BCUT2D eigenvalue weighted by Gasteiger charge is -2.12. The van der Waals surface area contributed by atoms with Crippen LogP contribution in [0.25, 0.3) is 10.6 Å². The van der Waals surface area contributed by atoms with Crippen molar-refractivity contribution in [1.82, 2.24) is 14.8 Å². The monoisotopic (exact) mass is 295 g/mol. The number of allylic oxidation sites excluding steroid dienone is 1. The van der Waals surface area contributed by atoms with Gasteiger partial charge >= 0.3 is 0 Å². The number of hydrogen-bond acceptors (Lipinski definition) is 2. The maximum Gasteiger partial charge on any atom is 0.137 e. The molecule has 21 heavy (non-hydrogen) atoms. The fourth-order valence-electron chi connectivity index (χ4n) is 2.16. The molecular formula is C17H14ClN3. The SMILES string of the molecule is ClC(=C(Cn1cncn1)c1ccccc1)c1ccccc1. The van der Waals surface area contributed by atoms with Gasteiger partial charge < -0.3 is 0 Å². The first kappa shape index (κ1) is 13.6. The average molecular weight is 296 g/mol. The van der Waals surface area contributed by atoms with E-state index in [0.29, 0.717) is 6.54 Å². The van der Waals surface area contributed by atoms with Crippen molar-refractivity contribution in [2.45, 2.75) is 6.54 Å². The summed E-state index contributed by atoms with van der Waals surface area (Å²) < 4.78 is 1.77. The summed E-state index contributed by atoms with van der Waals surface area (Å²) in [4.78, 5) is 3.99. The van der Waals surface area contributed by atoms with E-state index in [1.807, 2.05) is 48.5 Å². The molecule has 0 aliphatic rings. The Balaban J connectivity index is 2.07. The third-order valence-corrected chi connectivity index (χ3v) is 3.65. The highest BCUT2D eigenvalue weighted by Crippen LogP contribution is 2.30. The van der Waals surface area contributed by atoms with E-state index >= 15 is 0 Å². The van der Waals surface area contributed by atoms with Crippen LogP contribution in [0.3, 0.4) is 0 Å². The average Bonchev–Trinajstić information content (AvgIpc) is 3.07. The molecule has 4 heteroatoms. The van der Waals surface area contributed by atoms with Gasteiger partial charge in [-0.15, -0.1) is 0 Å². The molecule has 2 aromatic carbocycles. The van der Waals surface area contributed by atoms with Crippen molar-refractivity contribution in [2.75, 3.05) is 0 Å². The Hall–Kier alpha value is -2.39. The van der Waals surface area contributed by atoms with Crippen LogP contribution in [-0.4, -0.2) is 14.8 Å². The highest BCUT2D eigenvalue weighted by Gasteiger charge is 2.10. The van der Waals surface area contributed by atoms with E-state index < -0.39 is 0 Å². The Morgan fingerprint density at radius 3 is 2.10 bits per heavy atom. The van der Waals surface area contributed by atoms with Crippen LogP contribution in [0.4, 0.5) is 0 Å². The number of aromatic nitrogens is 3. The fraction of sp³-hybridized carbons (Fsp3) is 0.0588. The van der Waals surface area contributed by atoms with Crippen molar-refractivity contribution in [3.8, 4) is 0 Å². The molecular weight excluding hydrogens is 282 g/mol. The largest absolute Gasteiger partial charge is 0.248 e. The molecule has 3 aromatic rings. The lowest BCUT2D eigenvalue weighted by molar-refractivity contribution is 0.711. The molecule has 3 nitrogen and oxygen atoms in total. The summed E-state index contributed by atoms with van der Waals surface area (Å²) in [5, 5.41) is 4.90. The first-order valence-electron chi connectivity index (χ1n) is 6.66. The van der Waals surface area contributed by atoms with E-state index in [1.165, 1.54) is 6.33 Å². The second-order valence-corrected chi connectivity index (χ2v) is 5.00. The highest BCUT2D eigenvalue weighted by atomic mass is 35.5. The summed E-state index contributed by atoms with van der Waals surface area (Å²) in [6.45, 7) is 0.581. The first-order chi connectivity index (χ1) is 10.3. The van der Waals surface area contributed by atoms with E-state index in [-0.39, 0.29) is 0 Å². The van der Waals surface area contributed by atoms with Crippen LogP contribution in [0.5, 0.6) is 0 Å². The molecule has 0 unspecified atom stereocenters. The Bertz CT molecular complexity index is 719. The van der Waals surface area contributed by atoms with Crippen molar-refractivity contribution in [3.05, 3.63) is 84.4 Å². The lowest BCUT2D eigenvalue weighted by atomic mass is 10.0. The maximum atomic E-state index is 6.64. The fourth-order valence-corrected chi connectivity index (χ4v) is 2.46. The standard InChI is InChI=1S/C17H14ClN3/c18-17(15-9-5-2-6-10-15)16(11-21-13-19-12-20-21)14-7-3-1-4-8-14/h1-10,12-13H,11H2. The lowest BCUT2D eigenvalue weighted by Crippen LogP contribution is -2.02. The predicted molar refractivity (Wildman–Crippen MR) is 85.6 cm³/mol. The van der Waals surface area contributed by atoms with E-state index in [1.54, 1.807) is 11.0 Å². The zero-order chi connectivity index (χ0) is 14.5. The molecule has 3 rings (SSSR count). The number of halogens is 1. The molecule has 0 spiro atoms. The molecule has 0 amide bonds. The summed E-state index contributed by atoms with van der Waals surface area (Å²) in [5.74, 6) is 0. The summed E-state index contributed by atoms with van der Waals surface area (Å²) in [5.41, 5.74) is 3.11. The first-order valence-corrected chi connectivity index (χ1v) is 7.04. The van der Waals surface area contributed by atoms with Gasteiger partial charge in [0.2, 0.25) is 0 Å². The normalized spacial score (nSPS) is 12.0. The molecule has 1 aromatic heterocycles. The number of rotatable bonds is 4. The summed E-state index contributed by atoms with van der Waals surface area (Å²) in [7, 11) is 0. The minimum absolute atomic E-state index is 0.581. The number of hydrogen-bond donors (Lipinski definition) is 0. The zero-order valence-corrected chi connectivity index (χ0v) is 12.1. The van der Waals surface area contributed by atoms with Crippen LogP contribution in [0.15, 0.2) is 73.3 Å². The van der Waals surface area contributed by atoms with Crippen LogP contribution in [0.1, 0.15) is 11.1 Å². The molecule has 0 saturated heterocycles. The number of nitrogens with zero attached hydrogens (tertiary/aromatic N) is 3. The molecule has 0 aliphatic heterocycles. The van der Waals surface area contributed by atoms with Gasteiger partial charge in [-0.1, -0.05) is 72.3 Å². The molecule has 0 aliphatic carbocycles. The van der Waals surface area contributed by atoms with Crippen molar-refractivity contribution >= 4 is 22.2 Å². The van der Waals surface area contributed by atoms with Crippen LogP contribution >= 0.6 is 11.6 Å². The van der Waals surface area contributed by atoms with E-state index in [0.717, 1.165) is 21.7 Å². The molecule has 0 fully saturated rings. The van der Waals surface area contributed by atoms with Crippen molar-refractivity contribution in [2.24, 2.45) is 0 Å². The molecule has 0 atom stereocenters. The smallest absolute Gasteiger partial charge is 0.137 e. The van der Waals surface area contributed by atoms with Crippen LogP contribution < -0.4 is 0 Å². The van der Waals surface area contributed by atoms with E-state index in [4.69, 9.17) is 11.6 Å². The van der Waals surface area contributed by atoms with Crippen molar-refractivity contribution < 1.29 is 0 Å². The Kier molecular flexibility index (Phi) is 4.12. The minimum Gasteiger partial charge on any atom is -0.248 e. The van der Waals surface area contributed by atoms with Crippen molar-refractivity contribution in [1.29, 1.82) is 0 Å². The molecule has 0 bridgehead atoms. The van der Waals surface area contributed by atoms with Gasteiger partial charge in [0, 0.05) is 5.57 Å². The Labute approximate surface area is 128 Å². The van der Waals surface area contributed by atoms with Gasteiger partial charge in [0.1, 0.15) is 12.7 Å². The zero-order valence-electron chi connectivity index (χ0n) is 11.4. The van der Waals surface area contributed by atoms with Crippen LogP contribution in [0, 0.1) is 0 Å². The summed E-state index contributed by atoms with van der Waals surface area (Å²) in [6.07, 6.45) is 3.22. The van der Waals surface area contributed by atoms with Gasteiger partial charge in [-0.2, -0.15) is 5.10 Å². The van der Waals surface area contributed by atoms with E-state index in [9.17, 15) is 0 Å². The van der Waals surface area contributed by atoms with Crippen LogP contribution in [0.2, 0.25) is 0 Å². The summed E-state index contributed by atoms with van der Waals surface area (Å²) in [6, 6.07) is 20.1. The second-order valence-electron chi connectivity index (χ2n) is 4.62. The quantitative estimate of drug-likeness (QED) is 0.679. The Morgan fingerprint density at radius 2 is 1.52 bits per heavy atom. The molecule has 1 heterocycles. The van der Waals surface area contributed by atoms with Gasteiger partial charge in [-0.3, -0.25) is 0 Å². The molecule has 0 saturated carbocycles. The Morgan fingerprint density at radius 1 is 0.905 bits per heavy atom. The molecule has 104 valence electrons. The second kappa shape index (κ2) is 6.37. The van der Waals surface area contributed by atoms with Gasteiger partial charge in [0.05, 0.1) is 11.6 Å². The third kappa shape index (κ3) is 3.20. The van der Waals surface area contributed by atoms with Gasteiger partial charge in [-0.05, 0) is 11.1 Å². The van der Waals surface area contributed by atoms with Gasteiger partial charge in [-0.25, -0.2) is 9.67 Å². The topological polar surface area (TPSA) is 30.7 Å². The minimum atomic E-state index is 0.581. The highest BCUT2D eigenvalue weighted by molar-refractivity contribution is 6.52. The molecule has 0 radical (unpaired) electrons. The van der Waals surface area contributed by atoms with Gasteiger partial charge in [0.25, 0.3) is 0 Å². The number of benzene rings is 2. The van der Waals surface area contributed by atoms with E-state index in [2.05, 4.69) is 22.2 Å². The van der Waals surface area contributed by atoms with Gasteiger partial charge in [0.15, 0.2) is 0 Å². The third-order valence-electron chi connectivity index (χ3n) is 3.20. The molecule has 0 N–H and O–H groups in total.